The number of hydrogen-bond acceptors (Lipinski definition) is 2. The van der Waals surface area contributed by atoms with Crippen molar-refractivity contribution in [2.45, 2.75) is 13.0 Å². The third kappa shape index (κ3) is 5.10. The summed E-state index contributed by atoms with van der Waals surface area (Å²) in [6.45, 7) is 2.17. The molecule has 3 aromatic rings. The summed E-state index contributed by atoms with van der Waals surface area (Å²) in [5, 5.41) is 6.94. The lowest BCUT2D eigenvalue weighted by Crippen LogP contribution is -2.32. The molecule has 3 nitrogen and oxygen atoms in total. The Balaban J connectivity index is 1.75. The van der Waals surface area contributed by atoms with Gasteiger partial charge in [0, 0.05) is 0 Å². The second-order valence-electron chi connectivity index (χ2n) is 6.28. The molecule has 0 saturated carbocycles. The van der Waals surface area contributed by atoms with E-state index in [1.165, 1.54) is 5.56 Å². The van der Waals surface area contributed by atoms with E-state index in [0.717, 1.165) is 11.1 Å². The van der Waals surface area contributed by atoms with Gasteiger partial charge in [-0.15, -0.1) is 0 Å². The first-order valence-corrected chi connectivity index (χ1v) is 9.39. The lowest BCUT2D eigenvalue weighted by atomic mass is 9.98. The van der Waals surface area contributed by atoms with Crippen molar-refractivity contribution in [1.82, 2.24) is 5.32 Å². The van der Waals surface area contributed by atoms with Crippen molar-refractivity contribution in [1.29, 1.82) is 0 Å². The van der Waals surface area contributed by atoms with Crippen LogP contribution in [-0.4, -0.2) is 12.5 Å². The van der Waals surface area contributed by atoms with Gasteiger partial charge in [-0.3, -0.25) is 10.1 Å². The number of amides is 1. The number of benzene rings is 3. The number of carbonyl (C=O) groups is 1. The molecule has 0 aliphatic rings. The van der Waals surface area contributed by atoms with Gasteiger partial charge in [0.25, 0.3) is 0 Å². The Morgan fingerprint density at radius 2 is 1.44 bits per heavy atom. The molecule has 1 amide bonds. The monoisotopic (exact) mass is 398 g/mol. The summed E-state index contributed by atoms with van der Waals surface area (Å²) in [5.41, 5.74) is 3.80. The standard InChI is InChI=1S/C22H20Cl2N2O/c1-15-10-12-17(13-11-15)21(16-6-3-2-4-7-16)25-14-20(27)26-22-18(23)8-5-9-19(22)24/h2-13,21,25H,14H2,1H3,(H,26,27)/t21-/m1/s1. The topological polar surface area (TPSA) is 41.1 Å². The SMILES string of the molecule is Cc1ccc([C@H](NCC(=O)Nc2c(Cl)cccc2Cl)c2ccccc2)cc1. The van der Waals surface area contributed by atoms with Crippen LogP contribution in [0.4, 0.5) is 5.69 Å². The quantitative estimate of drug-likeness (QED) is 0.565. The molecular formula is C22H20Cl2N2O. The molecule has 0 aromatic heterocycles. The highest BCUT2D eigenvalue weighted by molar-refractivity contribution is 6.39. The average Bonchev–Trinajstić information content (AvgIpc) is 2.67. The number of aryl methyl sites for hydroxylation is 1. The summed E-state index contributed by atoms with van der Waals surface area (Å²) in [4.78, 5) is 12.4. The maximum atomic E-state index is 12.4. The second-order valence-corrected chi connectivity index (χ2v) is 7.09. The van der Waals surface area contributed by atoms with Crippen molar-refractivity contribution in [2.24, 2.45) is 0 Å². The van der Waals surface area contributed by atoms with Gasteiger partial charge >= 0.3 is 0 Å². The Morgan fingerprint density at radius 1 is 0.852 bits per heavy atom. The van der Waals surface area contributed by atoms with Gasteiger partial charge in [-0.1, -0.05) is 89.4 Å². The summed E-state index contributed by atoms with van der Waals surface area (Å²) >= 11 is 12.2. The van der Waals surface area contributed by atoms with Crippen LogP contribution in [0.5, 0.6) is 0 Å². The van der Waals surface area contributed by atoms with Gasteiger partial charge in [-0.05, 0) is 30.2 Å². The number of carbonyl (C=O) groups excluding carboxylic acids is 1. The predicted molar refractivity (Wildman–Crippen MR) is 113 cm³/mol. The lowest BCUT2D eigenvalue weighted by Gasteiger charge is -2.20. The summed E-state index contributed by atoms with van der Waals surface area (Å²) < 4.78 is 0. The van der Waals surface area contributed by atoms with E-state index in [2.05, 4.69) is 41.8 Å². The van der Waals surface area contributed by atoms with E-state index in [0.29, 0.717) is 15.7 Å². The molecular weight excluding hydrogens is 379 g/mol. The minimum Gasteiger partial charge on any atom is -0.322 e. The fraction of sp³-hybridized carbons (Fsp3) is 0.136. The number of nitrogens with one attached hydrogen (secondary N) is 2. The molecule has 27 heavy (non-hydrogen) atoms. The van der Waals surface area contributed by atoms with Crippen molar-refractivity contribution in [3.63, 3.8) is 0 Å². The van der Waals surface area contributed by atoms with E-state index in [4.69, 9.17) is 23.2 Å². The Hall–Kier alpha value is -2.33. The molecule has 3 aromatic carbocycles. The van der Waals surface area contributed by atoms with Crippen LogP contribution in [0.2, 0.25) is 10.0 Å². The van der Waals surface area contributed by atoms with E-state index in [-0.39, 0.29) is 18.5 Å². The molecule has 0 unspecified atom stereocenters. The van der Waals surface area contributed by atoms with Crippen LogP contribution in [0.15, 0.2) is 72.8 Å². The summed E-state index contributed by atoms with van der Waals surface area (Å²) in [6, 6.07) is 23.3. The molecule has 2 N–H and O–H groups in total. The number of halogens is 2. The maximum Gasteiger partial charge on any atom is 0.238 e. The van der Waals surface area contributed by atoms with E-state index >= 15 is 0 Å². The number of anilines is 1. The van der Waals surface area contributed by atoms with Crippen LogP contribution in [0, 0.1) is 6.92 Å². The third-order valence-corrected chi connectivity index (χ3v) is 4.87. The van der Waals surface area contributed by atoms with Crippen LogP contribution in [0.3, 0.4) is 0 Å². The molecule has 1 atom stereocenters. The van der Waals surface area contributed by atoms with Gasteiger partial charge < -0.3 is 5.32 Å². The van der Waals surface area contributed by atoms with E-state index in [1.54, 1.807) is 18.2 Å². The minimum atomic E-state index is -0.210. The van der Waals surface area contributed by atoms with Crippen LogP contribution in [0.1, 0.15) is 22.7 Å². The smallest absolute Gasteiger partial charge is 0.238 e. The highest BCUT2D eigenvalue weighted by atomic mass is 35.5. The zero-order chi connectivity index (χ0) is 19.2. The Morgan fingerprint density at radius 3 is 2.07 bits per heavy atom. The lowest BCUT2D eigenvalue weighted by molar-refractivity contribution is -0.115. The summed E-state index contributed by atoms with van der Waals surface area (Å²) in [7, 11) is 0. The van der Waals surface area contributed by atoms with Crippen molar-refractivity contribution >= 4 is 34.8 Å². The highest BCUT2D eigenvalue weighted by Crippen LogP contribution is 2.29. The van der Waals surface area contributed by atoms with E-state index in [9.17, 15) is 4.79 Å². The van der Waals surface area contributed by atoms with E-state index < -0.39 is 0 Å². The number of hydrogen-bond donors (Lipinski definition) is 2. The van der Waals surface area contributed by atoms with Gasteiger partial charge in [0.15, 0.2) is 0 Å². The fourth-order valence-electron chi connectivity index (χ4n) is 2.83. The summed E-state index contributed by atoms with van der Waals surface area (Å²) in [6.07, 6.45) is 0. The molecule has 0 aliphatic heterocycles. The number of para-hydroxylation sites is 1. The number of rotatable bonds is 6. The zero-order valence-corrected chi connectivity index (χ0v) is 16.4. The third-order valence-electron chi connectivity index (χ3n) is 4.24. The fourth-order valence-corrected chi connectivity index (χ4v) is 3.32. The van der Waals surface area contributed by atoms with Crippen LogP contribution in [0.25, 0.3) is 0 Å². The average molecular weight is 399 g/mol. The summed E-state index contributed by atoms with van der Waals surface area (Å²) in [5.74, 6) is -0.210. The molecule has 0 saturated heterocycles. The Kier molecular flexibility index (Phi) is 6.51. The normalized spacial score (nSPS) is 11.8. The van der Waals surface area contributed by atoms with Crippen molar-refractivity contribution < 1.29 is 4.79 Å². The van der Waals surface area contributed by atoms with Gasteiger partial charge in [-0.2, -0.15) is 0 Å². The molecule has 5 heteroatoms. The zero-order valence-electron chi connectivity index (χ0n) is 14.9. The first-order chi connectivity index (χ1) is 13.0. The van der Waals surface area contributed by atoms with Gasteiger partial charge in [0.1, 0.15) is 0 Å². The first kappa shape index (κ1) is 19.4. The maximum absolute atomic E-state index is 12.4. The molecule has 138 valence electrons. The van der Waals surface area contributed by atoms with Crippen LogP contribution < -0.4 is 10.6 Å². The van der Waals surface area contributed by atoms with Crippen molar-refractivity contribution in [2.75, 3.05) is 11.9 Å². The molecule has 3 rings (SSSR count). The molecule has 0 radical (unpaired) electrons. The van der Waals surface area contributed by atoms with Gasteiger partial charge in [0.05, 0.1) is 28.3 Å². The second kappa shape index (κ2) is 9.05. The van der Waals surface area contributed by atoms with Crippen LogP contribution in [-0.2, 0) is 4.79 Å². The first-order valence-electron chi connectivity index (χ1n) is 8.63. The van der Waals surface area contributed by atoms with Crippen molar-refractivity contribution in [3.05, 3.63) is 99.5 Å². The minimum absolute atomic E-state index is 0.0979. The molecule has 0 fully saturated rings. The molecule has 0 heterocycles. The van der Waals surface area contributed by atoms with Gasteiger partial charge in [-0.25, -0.2) is 0 Å². The Labute approximate surface area is 169 Å². The van der Waals surface area contributed by atoms with Crippen LogP contribution >= 0.6 is 23.2 Å². The van der Waals surface area contributed by atoms with Crippen molar-refractivity contribution in [3.8, 4) is 0 Å². The predicted octanol–water partition coefficient (Wildman–Crippen LogP) is 5.62. The Bertz CT molecular complexity index is 891. The molecule has 0 bridgehead atoms. The van der Waals surface area contributed by atoms with Gasteiger partial charge in [0.2, 0.25) is 5.91 Å². The largest absolute Gasteiger partial charge is 0.322 e. The molecule has 0 spiro atoms. The van der Waals surface area contributed by atoms with E-state index in [1.807, 2.05) is 30.3 Å². The highest BCUT2D eigenvalue weighted by Gasteiger charge is 2.16. The molecule has 0 aliphatic carbocycles.